The van der Waals surface area contributed by atoms with Gasteiger partial charge in [-0.1, -0.05) is 60.7 Å². The highest BCUT2D eigenvalue weighted by Gasteiger charge is 2.38. The Hall–Kier alpha value is -4.33. The van der Waals surface area contributed by atoms with E-state index < -0.39 is 41.6 Å². The summed E-state index contributed by atoms with van der Waals surface area (Å²) in [6.07, 6.45) is -0.544. The van der Waals surface area contributed by atoms with Crippen molar-refractivity contribution in [1.29, 1.82) is 0 Å². The zero-order valence-corrected chi connectivity index (χ0v) is 24.0. The van der Waals surface area contributed by atoms with Crippen LogP contribution in [0.25, 0.3) is 0 Å². The number of hydrogen-bond donors (Lipinski definition) is 3. The predicted octanol–water partition coefficient (Wildman–Crippen LogP) is 5.75. The van der Waals surface area contributed by atoms with Gasteiger partial charge in [0, 0.05) is 18.2 Å². The minimum Gasteiger partial charge on any atom is -0.508 e. The maximum absolute atomic E-state index is 14.3. The summed E-state index contributed by atoms with van der Waals surface area (Å²) in [5, 5.41) is 16.0. The van der Waals surface area contributed by atoms with Gasteiger partial charge in [0.05, 0.1) is 0 Å². The quantitative estimate of drug-likeness (QED) is 0.317. The van der Waals surface area contributed by atoms with Crippen LogP contribution in [0.2, 0.25) is 0 Å². The largest absolute Gasteiger partial charge is 0.508 e. The standard InChI is InChI=1S/C32H39N3O5/c1-21(2)35(30(38)27(19-23-14-8-7-9-15-23)34-31(39)40-32(4,5)6)28(24-16-12-17-25(36)20-24)29(37)33-26-18-11-10-13-22(26)3/h7-18,20-21,27-28,36H,19H2,1-6H3,(H,33,37)(H,34,39). The number of nitrogens with zero attached hydrogens (tertiary/aromatic N) is 1. The number of hydrogen-bond acceptors (Lipinski definition) is 5. The van der Waals surface area contributed by atoms with E-state index in [1.807, 2.05) is 69.3 Å². The van der Waals surface area contributed by atoms with Crippen molar-refractivity contribution >= 4 is 23.6 Å². The Bertz CT molecular complexity index is 1320. The lowest BCUT2D eigenvalue weighted by Crippen LogP contribution is -2.55. The number of nitrogens with one attached hydrogen (secondary N) is 2. The third kappa shape index (κ3) is 8.33. The zero-order chi connectivity index (χ0) is 29.4. The van der Waals surface area contributed by atoms with Crippen LogP contribution in [0.5, 0.6) is 5.75 Å². The summed E-state index contributed by atoms with van der Waals surface area (Å²) in [6, 6.07) is 20.4. The lowest BCUT2D eigenvalue weighted by molar-refractivity contribution is -0.142. The molecular formula is C32H39N3O5. The van der Waals surface area contributed by atoms with Crippen LogP contribution in [-0.4, -0.2) is 45.6 Å². The van der Waals surface area contributed by atoms with Crippen LogP contribution in [-0.2, 0) is 20.7 Å². The summed E-state index contributed by atoms with van der Waals surface area (Å²) in [6.45, 7) is 10.7. The van der Waals surface area contributed by atoms with Gasteiger partial charge in [-0.15, -0.1) is 0 Å². The summed E-state index contributed by atoms with van der Waals surface area (Å²) in [4.78, 5) is 42.5. The van der Waals surface area contributed by atoms with Crippen molar-refractivity contribution in [2.45, 2.75) is 71.7 Å². The van der Waals surface area contributed by atoms with Gasteiger partial charge in [-0.3, -0.25) is 9.59 Å². The van der Waals surface area contributed by atoms with Crippen molar-refractivity contribution in [3.8, 4) is 5.75 Å². The molecule has 0 saturated carbocycles. The molecule has 2 atom stereocenters. The molecular weight excluding hydrogens is 506 g/mol. The van der Waals surface area contributed by atoms with Crippen LogP contribution < -0.4 is 10.6 Å². The molecule has 0 aromatic heterocycles. The molecule has 8 heteroatoms. The molecule has 3 aromatic carbocycles. The highest BCUT2D eigenvalue weighted by atomic mass is 16.6. The number of para-hydroxylation sites is 1. The number of aromatic hydroxyl groups is 1. The van der Waals surface area contributed by atoms with E-state index in [1.165, 1.54) is 17.0 Å². The molecule has 0 radical (unpaired) electrons. The van der Waals surface area contributed by atoms with Gasteiger partial charge in [-0.2, -0.15) is 0 Å². The van der Waals surface area contributed by atoms with Crippen LogP contribution in [0.3, 0.4) is 0 Å². The Morgan fingerprint density at radius 3 is 2.17 bits per heavy atom. The molecule has 0 spiro atoms. The second-order valence-electron chi connectivity index (χ2n) is 11.0. The van der Waals surface area contributed by atoms with Gasteiger partial charge in [-0.25, -0.2) is 4.79 Å². The number of carbonyl (C=O) groups is 3. The molecule has 0 heterocycles. The molecule has 3 amide bonds. The minimum absolute atomic E-state index is 0.0323. The van der Waals surface area contributed by atoms with Crippen LogP contribution in [0, 0.1) is 6.92 Å². The first-order valence-electron chi connectivity index (χ1n) is 13.4. The minimum atomic E-state index is -1.10. The fourth-order valence-corrected chi connectivity index (χ4v) is 4.41. The molecule has 8 nitrogen and oxygen atoms in total. The van der Waals surface area contributed by atoms with Crippen molar-refractivity contribution in [3.05, 3.63) is 95.6 Å². The Balaban J connectivity index is 2.05. The van der Waals surface area contributed by atoms with E-state index in [-0.39, 0.29) is 12.2 Å². The van der Waals surface area contributed by atoms with E-state index in [1.54, 1.807) is 39.0 Å². The number of anilines is 1. The average Bonchev–Trinajstić information content (AvgIpc) is 2.87. The monoisotopic (exact) mass is 545 g/mol. The molecule has 3 rings (SSSR count). The topological polar surface area (TPSA) is 108 Å². The van der Waals surface area contributed by atoms with Gasteiger partial charge in [0.25, 0.3) is 5.91 Å². The zero-order valence-electron chi connectivity index (χ0n) is 24.0. The molecule has 0 fully saturated rings. The molecule has 0 saturated heterocycles. The smallest absolute Gasteiger partial charge is 0.408 e. The third-order valence-electron chi connectivity index (χ3n) is 6.20. The molecule has 0 aliphatic heterocycles. The Labute approximate surface area is 236 Å². The number of phenols is 1. The van der Waals surface area contributed by atoms with Crippen LogP contribution in [0.1, 0.15) is 57.4 Å². The second kappa shape index (κ2) is 13.2. The van der Waals surface area contributed by atoms with Gasteiger partial charge in [0.1, 0.15) is 23.4 Å². The van der Waals surface area contributed by atoms with Gasteiger partial charge >= 0.3 is 6.09 Å². The van der Waals surface area contributed by atoms with Crippen LogP contribution >= 0.6 is 0 Å². The van der Waals surface area contributed by atoms with E-state index in [0.717, 1.165) is 11.1 Å². The SMILES string of the molecule is Cc1ccccc1NC(=O)C(c1cccc(O)c1)N(C(=O)C(Cc1ccccc1)NC(=O)OC(C)(C)C)C(C)C. The highest BCUT2D eigenvalue weighted by molar-refractivity contribution is 5.99. The first-order chi connectivity index (χ1) is 18.9. The van der Waals surface area contributed by atoms with E-state index in [0.29, 0.717) is 11.3 Å². The summed E-state index contributed by atoms with van der Waals surface area (Å²) in [5.74, 6) is -0.939. The van der Waals surface area contributed by atoms with Crippen molar-refractivity contribution < 1.29 is 24.2 Å². The molecule has 40 heavy (non-hydrogen) atoms. The van der Waals surface area contributed by atoms with Crippen molar-refractivity contribution in [2.75, 3.05) is 5.32 Å². The van der Waals surface area contributed by atoms with Gasteiger partial charge in [0.15, 0.2) is 0 Å². The maximum atomic E-state index is 14.3. The fourth-order valence-electron chi connectivity index (χ4n) is 4.41. The number of amides is 3. The van der Waals surface area contributed by atoms with Gasteiger partial charge in [0.2, 0.25) is 5.91 Å². The number of rotatable bonds is 9. The molecule has 3 N–H and O–H groups in total. The highest BCUT2D eigenvalue weighted by Crippen LogP contribution is 2.29. The molecule has 3 aromatic rings. The first kappa shape index (κ1) is 30.2. The Morgan fingerprint density at radius 2 is 1.57 bits per heavy atom. The summed E-state index contributed by atoms with van der Waals surface area (Å²) < 4.78 is 5.46. The average molecular weight is 546 g/mol. The molecule has 0 aliphatic carbocycles. The Morgan fingerprint density at radius 1 is 0.925 bits per heavy atom. The number of phenolic OH excluding ortho intramolecular Hbond substituents is 1. The fraction of sp³-hybridized carbons (Fsp3) is 0.344. The van der Waals surface area contributed by atoms with Gasteiger partial charge in [-0.05, 0) is 76.4 Å². The van der Waals surface area contributed by atoms with E-state index in [2.05, 4.69) is 10.6 Å². The van der Waals surface area contributed by atoms with Crippen LogP contribution in [0.15, 0.2) is 78.9 Å². The molecule has 0 bridgehead atoms. The lowest BCUT2D eigenvalue weighted by Gasteiger charge is -2.37. The van der Waals surface area contributed by atoms with Crippen LogP contribution in [0.4, 0.5) is 10.5 Å². The summed E-state index contributed by atoms with van der Waals surface area (Å²) in [7, 11) is 0. The van der Waals surface area contributed by atoms with Crippen molar-refractivity contribution in [3.63, 3.8) is 0 Å². The summed E-state index contributed by atoms with van der Waals surface area (Å²) >= 11 is 0. The van der Waals surface area contributed by atoms with Gasteiger partial charge < -0.3 is 25.4 Å². The van der Waals surface area contributed by atoms with E-state index >= 15 is 0 Å². The van der Waals surface area contributed by atoms with E-state index in [4.69, 9.17) is 4.74 Å². The Kier molecular flexibility index (Phi) is 9.93. The normalized spacial score (nSPS) is 12.8. The molecule has 2 unspecified atom stereocenters. The van der Waals surface area contributed by atoms with Crippen molar-refractivity contribution in [1.82, 2.24) is 10.2 Å². The molecule has 0 aliphatic rings. The number of alkyl carbamates (subject to hydrolysis) is 1. The third-order valence-corrected chi connectivity index (χ3v) is 6.20. The lowest BCUT2D eigenvalue weighted by atomic mass is 9.98. The molecule has 212 valence electrons. The second-order valence-corrected chi connectivity index (χ2v) is 11.0. The number of ether oxygens (including phenoxy) is 1. The number of aryl methyl sites for hydroxylation is 1. The number of carbonyl (C=O) groups excluding carboxylic acids is 3. The van der Waals surface area contributed by atoms with E-state index in [9.17, 15) is 19.5 Å². The summed E-state index contributed by atoms with van der Waals surface area (Å²) in [5.41, 5.74) is 1.98. The first-order valence-corrected chi connectivity index (χ1v) is 13.4. The maximum Gasteiger partial charge on any atom is 0.408 e. The predicted molar refractivity (Wildman–Crippen MR) is 156 cm³/mol. The number of benzene rings is 3. The van der Waals surface area contributed by atoms with Crippen molar-refractivity contribution in [2.24, 2.45) is 0 Å².